The van der Waals surface area contributed by atoms with E-state index in [1.807, 2.05) is 24.3 Å². The van der Waals surface area contributed by atoms with Gasteiger partial charge in [-0.2, -0.15) is 5.10 Å². The average molecular weight is 281 g/mol. The highest BCUT2D eigenvalue weighted by Gasteiger charge is 2.08. The molecule has 0 aliphatic heterocycles. The Hall–Kier alpha value is -1.62. The Kier molecular flexibility index (Phi) is 3.05. The second kappa shape index (κ2) is 4.49. The number of benzene rings is 1. The summed E-state index contributed by atoms with van der Waals surface area (Å²) in [7, 11) is 1.35. The van der Waals surface area contributed by atoms with Gasteiger partial charge in [0.1, 0.15) is 0 Å². The van der Waals surface area contributed by atoms with Crippen molar-refractivity contribution >= 4 is 21.9 Å². The Morgan fingerprint density at radius 2 is 2.06 bits per heavy atom. The molecule has 1 heterocycles. The predicted octanol–water partition coefficient (Wildman–Crippen LogP) is 2.42. The summed E-state index contributed by atoms with van der Waals surface area (Å²) in [5.41, 5.74) is 1.32. The van der Waals surface area contributed by atoms with Crippen molar-refractivity contribution in [1.82, 2.24) is 9.78 Å². The van der Waals surface area contributed by atoms with Crippen LogP contribution in [0.2, 0.25) is 0 Å². The van der Waals surface area contributed by atoms with Gasteiger partial charge in [0.15, 0.2) is 0 Å². The van der Waals surface area contributed by atoms with Crippen LogP contribution in [0.1, 0.15) is 10.4 Å². The lowest BCUT2D eigenvalue weighted by Crippen LogP contribution is -1.99. The summed E-state index contributed by atoms with van der Waals surface area (Å²) in [4.78, 5) is 11.2. The van der Waals surface area contributed by atoms with E-state index in [0.29, 0.717) is 5.56 Å². The highest BCUT2D eigenvalue weighted by molar-refractivity contribution is 9.10. The molecule has 0 unspecified atom stereocenters. The number of methoxy groups -OCH3 is 1. The van der Waals surface area contributed by atoms with Crippen molar-refractivity contribution < 1.29 is 9.53 Å². The van der Waals surface area contributed by atoms with Gasteiger partial charge in [-0.3, -0.25) is 0 Å². The predicted molar refractivity (Wildman–Crippen MR) is 62.6 cm³/mol. The van der Waals surface area contributed by atoms with Crippen LogP contribution in [0.25, 0.3) is 5.69 Å². The summed E-state index contributed by atoms with van der Waals surface area (Å²) in [6.45, 7) is 0. The highest BCUT2D eigenvalue weighted by Crippen LogP contribution is 2.14. The Balaban J connectivity index is 2.31. The molecule has 0 amide bonds. The summed E-state index contributed by atoms with van der Waals surface area (Å²) < 4.78 is 7.23. The zero-order chi connectivity index (χ0) is 11.5. The SMILES string of the molecule is COC(=O)c1cnn(-c2ccc(Br)cc2)c1. The molecular formula is C11H9BrN2O2. The smallest absolute Gasteiger partial charge is 0.341 e. The van der Waals surface area contributed by atoms with Gasteiger partial charge in [-0.15, -0.1) is 0 Å². The molecule has 0 atom stereocenters. The molecule has 1 aromatic heterocycles. The number of rotatable bonds is 2. The lowest BCUT2D eigenvalue weighted by atomic mass is 10.3. The standard InChI is InChI=1S/C11H9BrN2O2/c1-16-11(15)8-6-13-14(7-8)10-4-2-9(12)3-5-10/h2-7H,1H3. The molecule has 0 saturated heterocycles. The molecule has 0 bridgehead atoms. The summed E-state index contributed by atoms with van der Waals surface area (Å²) in [6.07, 6.45) is 3.11. The van der Waals surface area contributed by atoms with E-state index < -0.39 is 0 Å². The van der Waals surface area contributed by atoms with Crippen LogP contribution >= 0.6 is 15.9 Å². The highest BCUT2D eigenvalue weighted by atomic mass is 79.9. The van der Waals surface area contributed by atoms with Crippen molar-refractivity contribution in [2.24, 2.45) is 0 Å². The first kappa shape index (κ1) is 10.9. The van der Waals surface area contributed by atoms with Gasteiger partial charge in [-0.1, -0.05) is 15.9 Å². The van der Waals surface area contributed by atoms with Crippen LogP contribution in [0, 0.1) is 0 Å². The molecule has 1 aromatic carbocycles. The first-order valence-electron chi connectivity index (χ1n) is 4.59. The summed E-state index contributed by atoms with van der Waals surface area (Å²) in [5, 5.41) is 4.09. The molecular weight excluding hydrogens is 272 g/mol. The summed E-state index contributed by atoms with van der Waals surface area (Å²) in [6, 6.07) is 7.62. The molecule has 2 rings (SSSR count). The average Bonchev–Trinajstić information content (AvgIpc) is 2.78. The Morgan fingerprint density at radius 3 is 2.69 bits per heavy atom. The molecule has 0 spiro atoms. The van der Waals surface area contributed by atoms with Gasteiger partial charge in [-0.25, -0.2) is 9.48 Å². The number of aromatic nitrogens is 2. The van der Waals surface area contributed by atoms with Crippen molar-refractivity contribution in [3.05, 3.63) is 46.7 Å². The van der Waals surface area contributed by atoms with E-state index in [9.17, 15) is 4.79 Å². The maximum Gasteiger partial charge on any atom is 0.341 e. The molecule has 0 saturated carbocycles. The van der Waals surface area contributed by atoms with Gasteiger partial charge in [0.2, 0.25) is 0 Å². The number of hydrogen-bond donors (Lipinski definition) is 0. The summed E-state index contributed by atoms with van der Waals surface area (Å²) in [5.74, 6) is -0.386. The maximum absolute atomic E-state index is 11.2. The van der Waals surface area contributed by atoms with Crippen LogP contribution in [0.15, 0.2) is 41.1 Å². The lowest BCUT2D eigenvalue weighted by Gasteiger charge is -2.00. The number of ether oxygens (including phenoxy) is 1. The van der Waals surface area contributed by atoms with Crippen molar-refractivity contribution in [3.63, 3.8) is 0 Å². The first-order valence-corrected chi connectivity index (χ1v) is 5.39. The third-order valence-corrected chi connectivity index (χ3v) is 2.62. The normalized spacial score (nSPS) is 10.1. The Labute approximate surface area is 101 Å². The fraction of sp³-hybridized carbons (Fsp3) is 0.0909. The minimum absolute atomic E-state index is 0.386. The van der Waals surface area contributed by atoms with Crippen LogP contribution in [0.5, 0.6) is 0 Å². The van der Waals surface area contributed by atoms with Crippen LogP contribution in [-0.2, 0) is 4.74 Å². The number of esters is 1. The number of hydrogen-bond acceptors (Lipinski definition) is 3. The molecule has 5 heteroatoms. The van der Waals surface area contributed by atoms with E-state index in [2.05, 4.69) is 25.8 Å². The van der Waals surface area contributed by atoms with Crippen LogP contribution < -0.4 is 0 Å². The number of carbonyl (C=O) groups is 1. The van der Waals surface area contributed by atoms with E-state index in [1.54, 1.807) is 10.9 Å². The van der Waals surface area contributed by atoms with E-state index in [4.69, 9.17) is 0 Å². The number of carbonyl (C=O) groups excluding carboxylic acids is 1. The lowest BCUT2D eigenvalue weighted by molar-refractivity contribution is 0.0600. The minimum Gasteiger partial charge on any atom is -0.465 e. The Bertz CT molecular complexity index is 505. The number of halogens is 1. The fourth-order valence-corrected chi connectivity index (χ4v) is 1.55. The fourth-order valence-electron chi connectivity index (χ4n) is 1.28. The summed E-state index contributed by atoms with van der Waals surface area (Å²) >= 11 is 3.35. The van der Waals surface area contributed by atoms with Gasteiger partial charge in [0, 0.05) is 10.7 Å². The number of nitrogens with zero attached hydrogens (tertiary/aromatic N) is 2. The van der Waals surface area contributed by atoms with Crippen molar-refractivity contribution in [2.75, 3.05) is 7.11 Å². The van der Waals surface area contributed by atoms with Crippen molar-refractivity contribution in [3.8, 4) is 5.69 Å². The second-order valence-corrected chi connectivity index (χ2v) is 4.06. The van der Waals surface area contributed by atoms with Gasteiger partial charge in [-0.05, 0) is 24.3 Å². The minimum atomic E-state index is -0.386. The van der Waals surface area contributed by atoms with Crippen LogP contribution in [0.4, 0.5) is 0 Å². The molecule has 82 valence electrons. The maximum atomic E-state index is 11.2. The van der Waals surface area contributed by atoms with Crippen LogP contribution in [-0.4, -0.2) is 22.9 Å². The topological polar surface area (TPSA) is 44.1 Å². The molecule has 2 aromatic rings. The third-order valence-electron chi connectivity index (χ3n) is 2.09. The largest absolute Gasteiger partial charge is 0.465 e. The Morgan fingerprint density at radius 1 is 1.38 bits per heavy atom. The zero-order valence-electron chi connectivity index (χ0n) is 8.55. The van der Waals surface area contributed by atoms with Gasteiger partial charge in [0.05, 0.1) is 24.6 Å². The molecule has 0 radical (unpaired) electrons. The van der Waals surface area contributed by atoms with E-state index >= 15 is 0 Å². The van der Waals surface area contributed by atoms with Gasteiger partial charge in [0.25, 0.3) is 0 Å². The molecule has 16 heavy (non-hydrogen) atoms. The van der Waals surface area contributed by atoms with E-state index in [0.717, 1.165) is 10.2 Å². The molecule has 4 nitrogen and oxygen atoms in total. The molecule has 0 aliphatic carbocycles. The molecule has 0 aliphatic rings. The monoisotopic (exact) mass is 280 g/mol. The van der Waals surface area contributed by atoms with Crippen LogP contribution in [0.3, 0.4) is 0 Å². The first-order chi connectivity index (χ1) is 7.70. The molecule has 0 fully saturated rings. The van der Waals surface area contributed by atoms with Gasteiger partial charge < -0.3 is 4.74 Å². The zero-order valence-corrected chi connectivity index (χ0v) is 10.1. The van der Waals surface area contributed by atoms with Crippen molar-refractivity contribution in [1.29, 1.82) is 0 Å². The second-order valence-electron chi connectivity index (χ2n) is 3.14. The van der Waals surface area contributed by atoms with Gasteiger partial charge >= 0.3 is 5.97 Å². The van der Waals surface area contributed by atoms with E-state index in [1.165, 1.54) is 13.3 Å². The van der Waals surface area contributed by atoms with E-state index in [-0.39, 0.29) is 5.97 Å². The molecule has 0 N–H and O–H groups in total. The third kappa shape index (κ3) is 2.14. The quantitative estimate of drug-likeness (QED) is 0.794. The van der Waals surface area contributed by atoms with Crippen molar-refractivity contribution in [2.45, 2.75) is 0 Å².